The summed E-state index contributed by atoms with van der Waals surface area (Å²) in [6.07, 6.45) is 2.09. The van der Waals surface area contributed by atoms with Crippen LogP contribution >= 0.6 is 0 Å². The molecule has 150 valence electrons. The van der Waals surface area contributed by atoms with Gasteiger partial charge in [-0.05, 0) is 28.3 Å². The van der Waals surface area contributed by atoms with Crippen molar-refractivity contribution in [3.8, 4) is 22.3 Å². The van der Waals surface area contributed by atoms with E-state index in [9.17, 15) is 10.1 Å². The highest BCUT2D eigenvalue weighted by atomic mass is 16.6. The van der Waals surface area contributed by atoms with Crippen LogP contribution < -0.4 is 0 Å². The van der Waals surface area contributed by atoms with Gasteiger partial charge in [0.1, 0.15) is 0 Å². The maximum absolute atomic E-state index is 11.3. The molecule has 0 saturated carbocycles. The average molecular weight is 404 g/mol. The summed E-state index contributed by atoms with van der Waals surface area (Å²) in [4.78, 5) is 11.0. The van der Waals surface area contributed by atoms with Crippen LogP contribution in [0.15, 0.2) is 109 Å². The van der Waals surface area contributed by atoms with Crippen LogP contribution in [0.4, 0.5) is 5.69 Å². The zero-order chi connectivity index (χ0) is 21.2. The van der Waals surface area contributed by atoms with Crippen molar-refractivity contribution in [1.82, 2.24) is 4.57 Å². The molecular weight excluding hydrogens is 384 g/mol. The predicted molar refractivity (Wildman–Crippen MR) is 125 cm³/mol. The lowest BCUT2D eigenvalue weighted by Crippen LogP contribution is -1.98. The van der Waals surface area contributed by atoms with Gasteiger partial charge in [0.25, 0.3) is 5.69 Å². The van der Waals surface area contributed by atoms with Gasteiger partial charge in [0.05, 0.1) is 4.92 Å². The van der Waals surface area contributed by atoms with E-state index >= 15 is 0 Å². The van der Waals surface area contributed by atoms with E-state index in [1.54, 1.807) is 12.1 Å². The largest absolute Gasteiger partial charge is 0.342 e. The zero-order valence-electron chi connectivity index (χ0n) is 16.8. The maximum Gasteiger partial charge on any atom is 0.270 e. The van der Waals surface area contributed by atoms with E-state index in [1.165, 1.54) is 16.7 Å². The molecule has 0 N–H and O–H groups in total. The first-order valence-electron chi connectivity index (χ1n) is 10.2. The summed E-state index contributed by atoms with van der Waals surface area (Å²) in [7, 11) is 0. The van der Waals surface area contributed by atoms with Gasteiger partial charge in [-0.2, -0.15) is 0 Å². The summed E-state index contributed by atoms with van der Waals surface area (Å²) in [5.41, 5.74) is 6.69. The van der Waals surface area contributed by atoms with E-state index in [4.69, 9.17) is 0 Å². The van der Waals surface area contributed by atoms with Crippen molar-refractivity contribution in [2.75, 3.05) is 0 Å². The Morgan fingerprint density at radius 1 is 0.710 bits per heavy atom. The third-order valence-electron chi connectivity index (χ3n) is 5.57. The van der Waals surface area contributed by atoms with Crippen LogP contribution in [0.1, 0.15) is 5.56 Å². The van der Waals surface area contributed by atoms with E-state index in [0.29, 0.717) is 6.54 Å². The Morgan fingerprint density at radius 2 is 1.32 bits per heavy atom. The van der Waals surface area contributed by atoms with E-state index in [2.05, 4.69) is 47.2 Å². The van der Waals surface area contributed by atoms with Gasteiger partial charge in [-0.3, -0.25) is 10.1 Å². The Labute approximate surface area is 180 Å². The van der Waals surface area contributed by atoms with E-state index in [1.807, 2.05) is 54.6 Å². The number of aromatic nitrogens is 1. The summed E-state index contributed by atoms with van der Waals surface area (Å²) in [5.74, 6) is 0. The molecule has 4 aromatic carbocycles. The minimum atomic E-state index is -0.339. The van der Waals surface area contributed by atoms with Crippen molar-refractivity contribution < 1.29 is 4.92 Å². The molecule has 31 heavy (non-hydrogen) atoms. The summed E-state index contributed by atoms with van der Waals surface area (Å²) >= 11 is 0. The Bertz CT molecular complexity index is 1360. The number of hydrogen-bond donors (Lipinski definition) is 0. The van der Waals surface area contributed by atoms with Gasteiger partial charge in [0, 0.05) is 41.3 Å². The molecule has 0 fully saturated rings. The van der Waals surface area contributed by atoms with Crippen LogP contribution in [0.2, 0.25) is 0 Å². The second kappa shape index (κ2) is 7.92. The number of benzene rings is 4. The standard InChI is InChI=1S/C27H20N2O2/c30-29(31)24-15-16-27-25(17-24)26(23-9-5-2-6-10-23)19-28(27)18-20-11-13-22(14-12-20)21-7-3-1-4-8-21/h1-17,19H,18H2. The minimum absolute atomic E-state index is 0.106. The molecule has 4 nitrogen and oxygen atoms in total. The lowest BCUT2D eigenvalue weighted by Gasteiger charge is -2.07. The highest BCUT2D eigenvalue weighted by Crippen LogP contribution is 2.33. The molecule has 0 aliphatic rings. The van der Waals surface area contributed by atoms with Crippen molar-refractivity contribution >= 4 is 16.6 Å². The van der Waals surface area contributed by atoms with Gasteiger partial charge in [0.15, 0.2) is 0 Å². The smallest absolute Gasteiger partial charge is 0.270 e. The molecule has 0 bridgehead atoms. The Morgan fingerprint density at radius 3 is 1.97 bits per heavy atom. The molecular formula is C27H20N2O2. The normalized spacial score (nSPS) is 11.0. The lowest BCUT2D eigenvalue weighted by molar-refractivity contribution is -0.384. The lowest BCUT2D eigenvalue weighted by atomic mass is 10.0. The SMILES string of the molecule is O=[N+]([O-])c1ccc2c(c1)c(-c1ccccc1)cn2Cc1ccc(-c2ccccc2)cc1. The fourth-order valence-corrected chi connectivity index (χ4v) is 4.01. The second-order valence-electron chi connectivity index (χ2n) is 7.56. The minimum Gasteiger partial charge on any atom is -0.342 e. The van der Waals surface area contributed by atoms with Gasteiger partial charge in [-0.25, -0.2) is 0 Å². The van der Waals surface area contributed by atoms with Gasteiger partial charge in [0.2, 0.25) is 0 Å². The van der Waals surface area contributed by atoms with Crippen LogP contribution in [0, 0.1) is 10.1 Å². The fourth-order valence-electron chi connectivity index (χ4n) is 4.01. The van der Waals surface area contributed by atoms with Crippen LogP contribution in [-0.2, 0) is 6.54 Å². The van der Waals surface area contributed by atoms with Gasteiger partial charge >= 0.3 is 0 Å². The van der Waals surface area contributed by atoms with E-state index < -0.39 is 0 Å². The number of hydrogen-bond acceptors (Lipinski definition) is 2. The van der Waals surface area contributed by atoms with Crippen molar-refractivity contribution in [3.05, 3.63) is 125 Å². The quantitative estimate of drug-likeness (QED) is 0.235. The molecule has 0 unspecified atom stereocenters. The fraction of sp³-hybridized carbons (Fsp3) is 0.0370. The first-order valence-corrected chi connectivity index (χ1v) is 10.2. The van der Waals surface area contributed by atoms with Crippen molar-refractivity contribution in [1.29, 1.82) is 0 Å². The molecule has 0 spiro atoms. The van der Waals surface area contributed by atoms with Crippen molar-refractivity contribution in [2.24, 2.45) is 0 Å². The number of fused-ring (bicyclic) bond motifs is 1. The number of nitro groups is 1. The molecule has 0 atom stereocenters. The molecule has 0 saturated heterocycles. The molecule has 0 radical (unpaired) electrons. The maximum atomic E-state index is 11.3. The highest BCUT2D eigenvalue weighted by molar-refractivity contribution is 5.97. The predicted octanol–water partition coefficient (Wildman–Crippen LogP) is 6.93. The van der Waals surface area contributed by atoms with Crippen LogP contribution in [0.5, 0.6) is 0 Å². The topological polar surface area (TPSA) is 48.1 Å². The molecule has 1 heterocycles. The van der Waals surface area contributed by atoms with Crippen molar-refractivity contribution in [2.45, 2.75) is 6.54 Å². The van der Waals surface area contributed by atoms with Crippen molar-refractivity contribution in [3.63, 3.8) is 0 Å². The number of nitrogens with zero attached hydrogens (tertiary/aromatic N) is 2. The first-order chi connectivity index (χ1) is 15.2. The summed E-state index contributed by atoms with van der Waals surface area (Å²) in [6.45, 7) is 0.691. The van der Waals surface area contributed by atoms with Crippen LogP contribution in [0.3, 0.4) is 0 Å². The molecule has 4 heteroatoms. The Kier molecular flexibility index (Phi) is 4.81. The zero-order valence-corrected chi connectivity index (χ0v) is 16.8. The summed E-state index contributed by atoms with van der Waals surface area (Å²) in [5, 5.41) is 12.2. The molecule has 0 amide bonds. The summed E-state index contributed by atoms with van der Waals surface area (Å²) < 4.78 is 2.17. The molecule has 0 aliphatic heterocycles. The molecule has 1 aromatic heterocycles. The van der Waals surface area contributed by atoms with E-state index in [-0.39, 0.29) is 10.6 Å². The average Bonchev–Trinajstić information content (AvgIpc) is 3.18. The molecule has 5 rings (SSSR count). The third-order valence-corrected chi connectivity index (χ3v) is 5.57. The number of non-ortho nitro benzene ring substituents is 1. The highest BCUT2D eigenvalue weighted by Gasteiger charge is 2.15. The second-order valence-corrected chi connectivity index (χ2v) is 7.56. The van der Waals surface area contributed by atoms with E-state index in [0.717, 1.165) is 22.0 Å². The third kappa shape index (κ3) is 3.71. The number of rotatable bonds is 5. The number of nitro benzene ring substituents is 1. The summed E-state index contributed by atoms with van der Waals surface area (Å²) in [6, 6.07) is 34.0. The Hall–Kier alpha value is -4.18. The monoisotopic (exact) mass is 404 g/mol. The molecule has 5 aromatic rings. The van der Waals surface area contributed by atoms with Crippen LogP contribution in [-0.4, -0.2) is 9.49 Å². The first kappa shape index (κ1) is 18.8. The molecule has 0 aliphatic carbocycles. The van der Waals surface area contributed by atoms with Gasteiger partial charge < -0.3 is 4.57 Å². The van der Waals surface area contributed by atoms with Gasteiger partial charge in [-0.1, -0.05) is 84.9 Å². The van der Waals surface area contributed by atoms with Crippen LogP contribution in [0.25, 0.3) is 33.2 Å². The van der Waals surface area contributed by atoms with Gasteiger partial charge in [-0.15, -0.1) is 0 Å². The Balaban J connectivity index is 1.55.